The summed E-state index contributed by atoms with van der Waals surface area (Å²) in [6, 6.07) is 5.73. The molecule has 1 N–H and O–H groups in total. The normalized spacial score (nSPS) is 20.4. The molecule has 1 amide bonds. The minimum Gasteiger partial charge on any atom is -0.386 e. The van der Waals surface area contributed by atoms with Crippen LogP contribution in [0.25, 0.3) is 0 Å². The number of amides is 1. The van der Waals surface area contributed by atoms with Gasteiger partial charge in [-0.05, 0) is 25.5 Å². The van der Waals surface area contributed by atoms with E-state index in [0.717, 1.165) is 18.9 Å². The molecule has 0 radical (unpaired) electrons. The van der Waals surface area contributed by atoms with E-state index in [1.54, 1.807) is 35.2 Å². The van der Waals surface area contributed by atoms with Crippen molar-refractivity contribution in [2.24, 2.45) is 0 Å². The van der Waals surface area contributed by atoms with Crippen LogP contribution in [0.3, 0.4) is 0 Å². The molecule has 7 heteroatoms. The number of anilines is 1. The van der Waals surface area contributed by atoms with Gasteiger partial charge in [-0.2, -0.15) is 5.10 Å². The molecule has 2 aromatic heterocycles. The topological polar surface area (TPSA) is 74.5 Å². The van der Waals surface area contributed by atoms with E-state index >= 15 is 0 Å². The minimum absolute atomic E-state index is 0.126. The van der Waals surface area contributed by atoms with Crippen molar-refractivity contribution in [1.82, 2.24) is 19.7 Å². The Kier molecular flexibility index (Phi) is 4.53. The molecule has 24 heavy (non-hydrogen) atoms. The third kappa shape index (κ3) is 3.41. The van der Waals surface area contributed by atoms with Gasteiger partial charge in [0.1, 0.15) is 11.4 Å². The van der Waals surface area contributed by atoms with Crippen molar-refractivity contribution in [3.63, 3.8) is 0 Å². The number of nitrogens with zero attached hydrogens (tertiary/aromatic N) is 5. The van der Waals surface area contributed by atoms with Gasteiger partial charge in [0, 0.05) is 39.1 Å². The monoisotopic (exact) mass is 329 g/mol. The predicted molar refractivity (Wildman–Crippen MR) is 90.9 cm³/mol. The van der Waals surface area contributed by atoms with Gasteiger partial charge < -0.3 is 14.9 Å². The second-order valence-electron chi connectivity index (χ2n) is 6.33. The molecule has 7 nitrogen and oxygen atoms in total. The van der Waals surface area contributed by atoms with Crippen LogP contribution in [0.15, 0.2) is 36.8 Å². The van der Waals surface area contributed by atoms with Crippen LogP contribution in [-0.4, -0.2) is 63.0 Å². The lowest BCUT2D eigenvalue weighted by atomic mass is 10.0. The number of pyridine rings is 1. The largest absolute Gasteiger partial charge is 0.386 e. The number of rotatable bonds is 5. The van der Waals surface area contributed by atoms with E-state index in [9.17, 15) is 9.90 Å². The summed E-state index contributed by atoms with van der Waals surface area (Å²) < 4.78 is 1.72. The molecule has 0 aromatic carbocycles. The minimum atomic E-state index is -0.928. The summed E-state index contributed by atoms with van der Waals surface area (Å²) in [4.78, 5) is 20.4. The Labute approximate surface area is 141 Å². The number of hydrogen-bond donors (Lipinski definition) is 1. The van der Waals surface area contributed by atoms with Crippen molar-refractivity contribution >= 4 is 11.7 Å². The van der Waals surface area contributed by atoms with Gasteiger partial charge in [-0.1, -0.05) is 6.07 Å². The van der Waals surface area contributed by atoms with E-state index in [2.05, 4.69) is 10.1 Å². The first kappa shape index (κ1) is 16.4. The zero-order chi connectivity index (χ0) is 17.2. The van der Waals surface area contributed by atoms with Crippen LogP contribution in [0.5, 0.6) is 0 Å². The van der Waals surface area contributed by atoms with Gasteiger partial charge in [0.05, 0.1) is 18.3 Å². The van der Waals surface area contributed by atoms with E-state index < -0.39 is 5.60 Å². The molecule has 2 aromatic rings. The molecule has 1 saturated heterocycles. The van der Waals surface area contributed by atoms with Crippen molar-refractivity contribution < 1.29 is 9.90 Å². The summed E-state index contributed by atoms with van der Waals surface area (Å²) in [6.07, 6.45) is 5.65. The first-order valence-corrected chi connectivity index (χ1v) is 8.17. The Morgan fingerprint density at radius 2 is 2.29 bits per heavy atom. The van der Waals surface area contributed by atoms with E-state index in [1.807, 2.05) is 30.0 Å². The van der Waals surface area contributed by atoms with Gasteiger partial charge in [0.2, 0.25) is 0 Å². The highest BCUT2D eigenvalue weighted by Crippen LogP contribution is 2.26. The molecule has 1 atom stereocenters. The second-order valence-corrected chi connectivity index (χ2v) is 6.33. The third-order valence-corrected chi connectivity index (χ3v) is 4.39. The Balaban J connectivity index is 1.63. The lowest BCUT2D eigenvalue weighted by Gasteiger charge is -2.29. The van der Waals surface area contributed by atoms with Gasteiger partial charge in [-0.15, -0.1) is 0 Å². The highest BCUT2D eigenvalue weighted by molar-refractivity contribution is 5.93. The van der Waals surface area contributed by atoms with E-state index in [1.165, 1.54) is 0 Å². The number of aryl methyl sites for hydroxylation is 1. The van der Waals surface area contributed by atoms with Gasteiger partial charge in [-0.3, -0.25) is 9.48 Å². The fraction of sp³-hybridized carbons (Fsp3) is 0.471. The number of carbonyl (C=O) groups is 1. The summed E-state index contributed by atoms with van der Waals surface area (Å²) >= 11 is 0. The maximum Gasteiger partial charge on any atom is 0.256 e. The molecule has 1 fully saturated rings. The van der Waals surface area contributed by atoms with Crippen molar-refractivity contribution in [2.75, 3.05) is 31.6 Å². The van der Waals surface area contributed by atoms with Crippen LogP contribution >= 0.6 is 0 Å². The van der Waals surface area contributed by atoms with Crippen LogP contribution < -0.4 is 4.90 Å². The Morgan fingerprint density at radius 3 is 2.96 bits per heavy atom. The van der Waals surface area contributed by atoms with Crippen molar-refractivity contribution in [3.8, 4) is 0 Å². The van der Waals surface area contributed by atoms with E-state index in [0.29, 0.717) is 18.5 Å². The van der Waals surface area contributed by atoms with Gasteiger partial charge in [0.15, 0.2) is 0 Å². The molecule has 1 aliphatic rings. The number of aliphatic hydroxyl groups is 1. The van der Waals surface area contributed by atoms with Gasteiger partial charge >= 0.3 is 0 Å². The quantitative estimate of drug-likeness (QED) is 0.886. The lowest BCUT2D eigenvalue weighted by Crippen LogP contribution is -2.45. The molecule has 0 saturated carbocycles. The first-order valence-electron chi connectivity index (χ1n) is 8.17. The van der Waals surface area contributed by atoms with Crippen LogP contribution in [0, 0.1) is 0 Å². The van der Waals surface area contributed by atoms with Gasteiger partial charge in [0.25, 0.3) is 5.91 Å². The lowest BCUT2D eigenvalue weighted by molar-refractivity contribution is 0.0264. The fourth-order valence-corrected chi connectivity index (χ4v) is 3.10. The Bertz CT molecular complexity index is 702. The van der Waals surface area contributed by atoms with Crippen LogP contribution in [0.2, 0.25) is 0 Å². The molecule has 3 heterocycles. The predicted octanol–water partition coefficient (Wildman–Crippen LogP) is 1.01. The standard InChI is InChI=1S/C17H23N5O2/c1-3-22-11-14(10-19-22)16(23)20(2)12-17(24)7-9-21(13-17)15-6-4-5-8-18-15/h4-6,8,10-11,24H,3,7,9,12-13H2,1-2H3. The first-order chi connectivity index (χ1) is 11.5. The van der Waals surface area contributed by atoms with E-state index in [-0.39, 0.29) is 12.5 Å². The molecule has 3 rings (SSSR count). The Hall–Kier alpha value is -2.41. The molecule has 0 bridgehead atoms. The number of hydrogen-bond acceptors (Lipinski definition) is 5. The summed E-state index contributed by atoms with van der Waals surface area (Å²) in [5.41, 5.74) is -0.384. The molecular formula is C17H23N5O2. The average molecular weight is 329 g/mol. The second kappa shape index (κ2) is 6.60. The summed E-state index contributed by atoms with van der Waals surface area (Å²) in [7, 11) is 1.72. The molecule has 0 spiro atoms. The van der Waals surface area contributed by atoms with Gasteiger partial charge in [-0.25, -0.2) is 4.98 Å². The van der Waals surface area contributed by atoms with Crippen molar-refractivity contribution in [2.45, 2.75) is 25.5 Å². The highest BCUT2D eigenvalue weighted by Gasteiger charge is 2.38. The summed E-state index contributed by atoms with van der Waals surface area (Å²) in [5, 5.41) is 15.0. The van der Waals surface area contributed by atoms with E-state index in [4.69, 9.17) is 0 Å². The number of β-amino-alcohol motifs (C(OH)–C–C–N with tert-alkyl or cyclic N) is 1. The zero-order valence-electron chi connectivity index (χ0n) is 14.1. The molecule has 1 unspecified atom stereocenters. The highest BCUT2D eigenvalue weighted by atomic mass is 16.3. The average Bonchev–Trinajstić information content (AvgIpc) is 3.22. The molecular weight excluding hydrogens is 306 g/mol. The maximum absolute atomic E-state index is 12.5. The van der Waals surface area contributed by atoms with Crippen LogP contribution in [-0.2, 0) is 6.54 Å². The van der Waals surface area contributed by atoms with Crippen molar-refractivity contribution in [1.29, 1.82) is 0 Å². The summed E-state index contributed by atoms with van der Waals surface area (Å²) in [5.74, 6) is 0.728. The molecule has 1 aliphatic heterocycles. The van der Waals surface area contributed by atoms with Crippen LogP contribution in [0.1, 0.15) is 23.7 Å². The maximum atomic E-state index is 12.5. The number of carbonyl (C=O) groups excluding carboxylic acids is 1. The fourth-order valence-electron chi connectivity index (χ4n) is 3.10. The Morgan fingerprint density at radius 1 is 1.46 bits per heavy atom. The zero-order valence-corrected chi connectivity index (χ0v) is 14.1. The smallest absolute Gasteiger partial charge is 0.256 e. The third-order valence-electron chi connectivity index (χ3n) is 4.39. The van der Waals surface area contributed by atoms with Crippen LogP contribution in [0.4, 0.5) is 5.82 Å². The van der Waals surface area contributed by atoms with Crippen molar-refractivity contribution in [3.05, 3.63) is 42.4 Å². The SMILES string of the molecule is CCn1cc(C(=O)N(C)CC2(O)CCN(c3ccccn3)C2)cn1. The number of likely N-dealkylation sites (N-methyl/N-ethyl adjacent to an activating group) is 1. The number of aromatic nitrogens is 3. The molecule has 128 valence electrons. The molecule has 0 aliphatic carbocycles. The summed E-state index contributed by atoms with van der Waals surface area (Å²) in [6.45, 7) is 4.17.